The Bertz CT molecular complexity index is 403. The van der Waals surface area contributed by atoms with Crippen molar-refractivity contribution in [2.75, 3.05) is 11.1 Å². The predicted molar refractivity (Wildman–Crippen MR) is 61.0 cm³/mol. The van der Waals surface area contributed by atoms with Crippen LogP contribution in [0.4, 0.5) is 15.8 Å². The summed E-state index contributed by atoms with van der Waals surface area (Å²) in [6, 6.07) is 9.92. The number of thiazole rings is 1. The molecule has 0 unspecified atom stereocenters. The third kappa shape index (κ3) is 1.85. The van der Waals surface area contributed by atoms with E-state index in [0.29, 0.717) is 0 Å². The molecular formula is C10H11N3S. The quantitative estimate of drug-likeness (QED) is 0.792. The third-order valence-corrected chi connectivity index (χ3v) is 2.76. The van der Waals surface area contributed by atoms with E-state index in [4.69, 9.17) is 5.73 Å². The fourth-order valence-corrected chi connectivity index (χ4v) is 1.86. The van der Waals surface area contributed by atoms with Gasteiger partial charge in [-0.05, 0) is 19.1 Å². The molecule has 0 fully saturated rings. The summed E-state index contributed by atoms with van der Waals surface area (Å²) in [5, 5.41) is 4.80. The molecule has 1 aromatic heterocycles. The summed E-state index contributed by atoms with van der Waals surface area (Å²) in [4.78, 5) is 4.29. The van der Waals surface area contributed by atoms with Crippen molar-refractivity contribution >= 4 is 27.2 Å². The van der Waals surface area contributed by atoms with Gasteiger partial charge in [0.05, 0.1) is 5.69 Å². The van der Waals surface area contributed by atoms with Gasteiger partial charge in [-0.2, -0.15) is 0 Å². The molecule has 0 spiro atoms. The van der Waals surface area contributed by atoms with E-state index in [-0.39, 0.29) is 0 Å². The van der Waals surface area contributed by atoms with Crippen LogP contribution in [-0.4, -0.2) is 4.98 Å². The molecule has 2 rings (SSSR count). The van der Waals surface area contributed by atoms with Crippen LogP contribution in [0.25, 0.3) is 0 Å². The molecule has 14 heavy (non-hydrogen) atoms. The van der Waals surface area contributed by atoms with Crippen LogP contribution >= 0.6 is 11.3 Å². The molecule has 1 heterocycles. The Balaban J connectivity index is 2.19. The van der Waals surface area contributed by atoms with Gasteiger partial charge >= 0.3 is 0 Å². The predicted octanol–water partition coefficient (Wildman–Crippen LogP) is 2.78. The summed E-state index contributed by atoms with van der Waals surface area (Å²) < 4.78 is 0. The molecule has 1 aromatic carbocycles. The molecule has 0 aliphatic carbocycles. The van der Waals surface area contributed by atoms with Gasteiger partial charge in [0.1, 0.15) is 5.00 Å². The van der Waals surface area contributed by atoms with Gasteiger partial charge in [-0.3, -0.25) is 0 Å². The molecule has 0 radical (unpaired) electrons. The summed E-state index contributed by atoms with van der Waals surface area (Å²) in [5.74, 6) is 0. The highest BCUT2D eigenvalue weighted by atomic mass is 32.1. The lowest BCUT2D eigenvalue weighted by Crippen LogP contribution is -1.88. The summed E-state index contributed by atoms with van der Waals surface area (Å²) >= 11 is 1.46. The number of nitrogens with two attached hydrogens (primary N) is 1. The van der Waals surface area contributed by atoms with Crippen LogP contribution in [0.5, 0.6) is 0 Å². The minimum atomic E-state index is 0.767. The molecule has 0 aliphatic heterocycles. The Hall–Kier alpha value is -1.55. The van der Waals surface area contributed by atoms with E-state index in [0.717, 1.165) is 21.5 Å². The van der Waals surface area contributed by atoms with Gasteiger partial charge in [0.15, 0.2) is 5.13 Å². The third-order valence-electron chi connectivity index (χ3n) is 1.86. The summed E-state index contributed by atoms with van der Waals surface area (Å²) in [6.07, 6.45) is 0. The molecule has 0 aliphatic rings. The van der Waals surface area contributed by atoms with E-state index in [1.807, 2.05) is 37.3 Å². The number of aryl methyl sites for hydroxylation is 1. The standard InChI is InChI=1S/C10H11N3S/c1-7-9(11)14-10(12-7)13-8-5-3-2-4-6-8/h2-6H,11H2,1H3,(H,12,13). The van der Waals surface area contributed by atoms with Crippen molar-refractivity contribution in [3.05, 3.63) is 36.0 Å². The second-order valence-electron chi connectivity index (χ2n) is 2.96. The minimum Gasteiger partial charge on any atom is -0.389 e. The summed E-state index contributed by atoms with van der Waals surface area (Å²) in [6.45, 7) is 1.90. The highest BCUT2D eigenvalue weighted by Gasteiger charge is 2.03. The van der Waals surface area contributed by atoms with Crippen molar-refractivity contribution in [3.8, 4) is 0 Å². The van der Waals surface area contributed by atoms with Gasteiger partial charge in [-0.25, -0.2) is 4.98 Å². The number of rotatable bonds is 2. The Morgan fingerprint density at radius 1 is 1.29 bits per heavy atom. The zero-order chi connectivity index (χ0) is 9.97. The Kier molecular flexibility index (Phi) is 2.37. The average Bonchev–Trinajstić information content (AvgIpc) is 2.47. The van der Waals surface area contributed by atoms with Crippen LogP contribution in [0.1, 0.15) is 5.69 Å². The maximum Gasteiger partial charge on any atom is 0.189 e. The van der Waals surface area contributed by atoms with Crippen molar-refractivity contribution in [1.29, 1.82) is 0 Å². The first-order chi connectivity index (χ1) is 6.75. The number of nitrogens with zero attached hydrogens (tertiary/aromatic N) is 1. The molecule has 72 valence electrons. The zero-order valence-electron chi connectivity index (χ0n) is 7.82. The monoisotopic (exact) mass is 205 g/mol. The van der Waals surface area contributed by atoms with Crippen LogP contribution in [0.2, 0.25) is 0 Å². The lowest BCUT2D eigenvalue weighted by atomic mass is 10.3. The summed E-state index contributed by atoms with van der Waals surface area (Å²) in [5.41, 5.74) is 7.62. The second kappa shape index (κ2) is 3.67. The number of hydrogen-bond donors (Lipinski definition) is 2. The van der Waals surface area contributed by atoms with Crippen molar-refractivity contribution < 1.29 is 0 Å². The van der Waals surface area contributed by atoms with E-state index < -0.39 is 0 Å². The second-order valence-corrected chi connectivity index (χ2v) is 3.99. The van der Waals surface area contributed by atoms with Gasteiger partial charge in [0.25, 0.3) is 0 Å². The van der Waals surface area contributed by atoms with Crippen LogP contribution in [-0.2, 0) is 0 Å². The Labute approximate surface area is 86.6 Å². The lowest BCUT2D eigenvalue weighted by Gasteiger charge is -1.99. The van der Waals surface area contributed by atoms with Gasteiger partial charge in [-0.15, -0.1) is 0 Å². The fraction of sp³-hybridized carbons (Fsp3) is 0.100. The van der Waals surface area contributed by atoms with E-state index in [1.165, 1.54) is 11.3 Å². The van der Waals surface area contributed by atoms with Crippen molar-refractivity contribution in [1.82, 2.24) is 4.98 Å². The molecule has 0 atom stereocenters. The number of nitrogens with one attached hydrogen (secondary N) is 1. The normalized spacial score (nSPS) is 10.1. The van der Waals surface area contributed by atoms with Crippen molar-refractivity contribution in [3.63, 3.8) is 0 Å². The molecule has 0 bridgehead atoms. The number of benzene rings is 1. The smallest absolute Gasteiger partial charge is 0.189 e. The van der Waals surface area contributed by atoms with Gasteiger partial charge < -0.3 is 11.1 Å². The molecule has 2 aromatic rings. The van der Waals surface area contributed by atoms with Crippen LogP contribution in [0.15, 0.2) is 30.3 Å². The van der Waals surface area contributed by atoms with Crippen LogP contribution < -0.4 is 11.1 Å². The topological polar surface area (TPSA) is 50.9 Å². The first kappa shape index (κ1) is 9.02. The maximum absolute atomic E-state index is 5.71. The molecular weight excluding hydrogens is 194 g/mol. The largest absolute Gasteiger partial charge is 0.389 e. The zero-order valence-corrected chi connectivity index (χ0v) is 8.64. The van der Waals surface area contributed by atoms with Crippen LogP contribution in [0.3, 0.4) is 0 Å². The number of anilines is 3. The van der Waals surface area contributed by atoms with Crippen molar-refractivity contribution in [2.45, 2.75) is 6.92 Å². The molecule has 0 amide bonds. The van der Waals surface area contributed by atoms with E-state index in [2.05, 4.69) is 10.3 Å². The van der Waals surface area contributed by atoms with Gasteiger partial charge in [0, 0.05) is 5.69 Å². The van der Waals surface area contributed by atoms with E-state index in [9.17, 15) is 0 Å². The number of aromatic nitrogens is 1. The Morgan fingerprint density at radius 3 is 2.57 bits per heavy atom. The van der Waals surface area contributed by atoms with E-state index >= 15 is 0 Å². The minimum absolute atomic E-state index is 0.767. The number of hydrogen-bond acceptors (Lipinski definition) is 4. The number of nitrogen functional groups attached to an aromatic ring is 1. The molecule has 0 saturated heterocycles. The summed E-state index contributed by atoms with van der Waals surface area (Å²) in [7, 11) is 0. The molecule has 4 heteroatoms. The maximum atomic E-state index is 5.71. The highest BCUT2D eigenvalue weighted by molar-refractivity contribution is 7.19. The first-order valence-electron chi connectivity index (χ1n) is 4.30. The molecule has 3 N–H and O–H groups in total. The lowest BCUT2D eigenvalue weighted by molar-refractivity contribution is 1.26. The van der Waals surface area contributed by atoms with Gasteiger partial charge in [0.2, 0.25) is 0 Å². The average molecular weight is 205 g/mol. The first-order valence-corrected chi connectivity index (χ1v) is 5.12. The highest BCUT2D eigenvalue weighted by Crippen LogP contribution is 2.26. The van der Waals surface area contributed by atoms with Gasteiger partial charge in [-0.1, -0.05) is 29.5 Å². The fourth-order valence-electron chi connectivity index (χ4n) is 1.11. The molecule has 3 nitrogen and oxygen atoms in total. The Morgan fingerprint density at radius 2 is 2.00 bits per heavy atom. The van der Waals surface area contributed by atoms with E-state index in [1.54, 1.807) is 0 Å². The van der Waals surface area contributed by atoms with Crippen molar-refractivity contribution in [2.24, 2.45) is 0 Å². The number of para-hydroxylation sites is 1. The van der Waals surface area contributed by atoms with Crippen LogP contribution in [0, 0.1) is 6.92 Å². The SMILES string of the molecule is Cc1nc(Nc2ccccc2)sc1N. The molecule has 0 saturated carbocycles.